The molecule has 0 aliphatic carbocycles. The fourth-order valence-electron chi connectivity index (χ4n) is 8.77. The second-order valence-electron chi connectivity index (χ2n) is 13.3. The van der Waals surface area contributed by atoms with Crippen molar-refractivity contribution >= 4 is 33.2 Å². The highest BCUT2D eigenvalue weighted by atomic mass is 16.3. The number of aromatic amines is 2. The van der Waals surface area contributed by atoms with Gasteiger partial charge in [-0.15, -0.1) is 0 Å². The Morgan fingerprint density at radius 1 is 0.604 bits per heavy atom. The molecule has 0 radical (unpaired) electrons. The minimum Gasteiger partial charge on any atom is -0.392 e. The van der Waals surface area contributed by atoms with Crippen LogP contribution >= 0.6 is 0 Å². The number of aromatic nitrogens is 4. The van der Waals surface area contributed by atoms with Gasteiger partial charge in [0.05, 0.1) is 23.5 Å². The molecule has 1 aromatic carbocycles. The van der Waals surface area contributed by atoms with E-state index < -0.39 is 0 Å². The Hall–Kier alpha value is -3.96. The molecule has 252 valence electrons. The quantitative estimate of drug-likeness (QED) is 0.161. The minimum atomic E-state index is -0.0311. The first-order valence-corrected chi connectivity index (χ1v) is 18.6. The summed E-state index contributed by atoms with van der Waals surface area (Å²) in [5.74, 6) is 0.746. The van der Waals surface area contributed by atoms with Gasteiger partial charge in [0, 0.05) is 45.3 Å². The molecule has 0 spiro atoms. The number of aryl methyl sites for hydroxylation is 4. The molecular weight excluding hydrogens is 589 g/mol. The van der Waals surface area contributed by atoms with Gasteiger partial charge >= 0.3 is 0 Å². The topological polar surface area (TPSA) is 77.6 Å². The summed E-state index contributed by atoms with van der Waals surface area (Å²) in [6, 6.07) is 15.3. The Balaban J connectivity index is 1.93. The van der Waals surface area contributed by atoms with Gasteiger partial charge in [-0.1, -0.05) is 79.7 Å². The van der Waals surface area contributed by atoms with E-state index in [2.05, 4.69) is 95.7 Å². The highest BCUT2D eigenvalue weighted by molar-refractivity contribution is 6.02. The van der Waals surface area contributed by atoms with Crippen molar-refractivity contribution in [1.29, 1.82) is 0 Å². The van der Waals surface area contributed by atoms with Crippen LogP contribution in [-0.2, 0) is 32.3 Å². The first-order chi connectivity index (χ1) is 23.4. The molecular formula is C43H54N4O. The normalized spacial score (nSPS) is 16.3. The third-order valence-corrected chi connectivity index (χ3v) is 11.0. The summed E-state index contributed by atoms with van der Waals surface area (Å²) in [5.41, 5.74) is 20.1. The molecule has 2 aliphatic rings. The van der Waals surface area contributed by atoms with Crippen molar-refractivity contribution in [3.05, 3.63) is 93.1 Å². The molecule has 48 heavy (non-hydrogen) atoms. The second kappa shape index (κ2) is 14.3. The molecule has 2 unspecified atom stereocenters. The lowest BCUT2D eigenvalue weighted by Crippen LogP contribution is -2.03. The number of allylic oxidation sites excluding steroid dienone is 2. The SMILES string of the molecule is CCC1=C(CC)c2nc1cc1[nH]c(cc3nc(cc4[nH]c(c(CC)c4CC)c2-c2ccccc2CO)C(CC)C3CC)c(CC)c1CC. The summed E-state index contributed by atoms with van der Waals surface area (Å²) in [4.78, 5) is 18.9. The van der Waals surface area contributed by atoms with Crippen molar-refractivity contribution in [3.63, 3.8) is 0 Å². The lowest BCUT2D eigenvalue weighted by atomic mass is 9.85. The number of H-pyrrole nitrogens is 2. The van der Waals surface area contributed by atoms with Crippen LogP contribution in [0.4, 0.5) is 0 Å². The Morgan fingerprint density at radius 3 is 1.69 bits per heavy atom. The number of nitrogens with one attached hydrogen (secondary N) is 2. The standard InChI is InChI=1S/C43H54N4O/c1-9-26-28(11-3)37-22-39-30(13-5)32(15-7)42(46-39)41(34-20-18-17-19-25(34)24-48)43-33(16-8)31(14-6)40(47-43)23-38-29(12-4)27(10-2)36(45-38)21-35(26)44-37/h17-23,26,28,45-46,48H,9-16,24H2,1-8H3. The van der Waals surface area contributed by atoms with Crippen LogP contribution in [0.15, 0.2) is 42.5 Å². The van der Waals surface area contributed by atoms with Crippen LogP contribution in [0.5, 0.6) is 0 Å². The van der Waals surface area contributed by atoms with Gasteiger partial charge in [0.15, 0.2) is 0 Å². The van der Waals surface area contributed by atoms with E-state index in [0.717, 1.165) is 96.0 Å². The van der Waals surface area contributed by atoms with Crippen molar-refractivity contribution in [2.24, 2.45) is 0 Å². The van der Waals surface area contributed by atoms with E-state index >= 15 is 0 Å². The number of nitrogens with zero attached hydrogens (tertiary/aromatic N) is 2. The summed E-state index contributed by atoms with van der Waals surface area (Å²) in [6.45, 7) is 18.2. The molecule has 3 aromatic heterocycles. The molecule has 5 heteroatoms. The molecule has 0 saturated carbocycles. The van der Waals surface area contributed by atoms with Crippen molar-refractivity contribution in [2.45, 2.75) is 125 Å². The Bertz CT molecular complexity index is 2020. The number of hydrogen-bond donors (Lipinski definition) is 3. The van der Waals surface area contributed by atoms with E-state index in [-0.39, 0.29) is 6.61 Å². The summed E-state index contributed by atoms with van der Waals surface area (Å²) in [6.07, 6.45) is 7.61. The minimum absolute atomic E-state index is 0.0311. The summed E-state index contributed by atoms with van der Waals surface area (Å²) in [7, 11) is 0. The van der Waals surface area contributed by atoms with E-state index in [9.17, 15) is 5.11 Å². The average Bonchev–Trinajstić information content (AvgIpc) is 3.84. The first-order valence-electron chi connectivity index (χ1n) is 18.6. The lowest BCUT2D eigenvalue weighted by Gasteiger charge is -2.16. The van der Waals surface area contributed by atoms with E-state index in [1.807, 2.05) is 12.1 Å². The molecule has 0 saturated heterocycles. The zero-order valence-corrected chi connectivity index (χ0v) is 30.4. The molecule has 5 heterocycles. The number of benzene rings is 1. The molecule has 0 fully saturated rings. The van der Waals surface area contributed by atoms with Crippen LogP contribution in [0.3, 0.4) is 0 Å². The third kappa shape index (κ3) is 5.54. The van der Waals surface area contributed by atoms with Crippen molar-refractivity contribution in [3.8, 4) is 11.1 Å². The number of rotatable bonds is 10. The number of aliphatic hydroxyl groups is 1. The largest absolute Gasteiger partial charge is 0.392 e. The summed E-state index contributed by atoms with van der Waals surface area (Å²) >= 11 is 0. The highest BCUT2D eigenvalue weighted by Gasteiger charge is 2.31. The van der Waals surface area contributed by atoms with Gasteiger partial charge < -0.3 is 15.1 Å². The van der Waals surface area contributed by atoms with E-state index in [4.69, 9.17) is 9.97 Å². The smallest absolute Gasteiger partial charge is 0.0771 e. The van der Waals surface area contributed by atoms with Crippen molar-refractivity contribution in [1.82, 2.24) is 19.9 Å². The molecule has 3 N–H and O–H groups in total. The fraction of sp³-hybridized carbons (Fsp3) is 0.442. The van der Waals surface area contributed by atoms with E-state index in [1.165, 1.54) is 50.3 Å². The Morgan fingerprint density at radius 2 is 1.15 bits per heavy atom. The van der Waals surface area contributed by atoms with Crippen LogP contribution in [0.25, 0.3) is 44.3 Å². The number of fused-ring (bicyclic) bond motifs is 8. The summed E-state index contributed by atoms with van der Waals surface area (Å²) in [5, 5.41) is 10.6. The van der Waals surface area contributed by atoms with Crippen molar-refractivity contribution in [2.75, 3.05) is 0 Å². The van der Waals surface area contributed by atoms with Crippen LogP contribution in [0, 0.1) is 0 Å². The van der Waals surface area contributed by atoms with Crippen LogP contribution in [0.1, 0.15) is 144 Å². The maximum absolute atomic E-state index is 10.6. The fourth-order valence-corrected chi connectivity index (χ4v) is 8.77. The average molecular weight is 643 g/mol. The maximum Gasteiger partial charge on any atom is 0.0771 e. The third-order valence-electron chi connectivity index (χ3n) is 11.0. The molecule has 2 aliphatic heterocycles. The van der Waals surface area contributed by atoms with E-state index in [1.54, 1.807) is 0 Å². The van der Waals surface area contributed by atoms with Gasteiger partial charge in [0.2, 0.25) is 0 Å². The van der Waals surface area contributed by atoms with Gasteiger partial charge in [-0.05, 0) is 114 Å². The number of hydrogen-bond acceptors (Lipinski definition) is 3. The summed E-state index contributed by atoms with van der Waals surface area (Å²) < 4.78 is 0. The zero-order chi connectivity index (χ0) is 34.1. The Kier molecular flexibility index (Phi) is 10.1. The maximum atomic E-state index is 10.6. The monoisotopic (exact) mass is 642 g/mol. The molecule has 4 aromatic rings. The van der Waals surface area contributed by atoms with Crippen molar-refractivity contribution < 1.29 is 5.11 Å². The predicted octanol–water partition coefficient (Wildman–Crippen LogP) is 11.1. The van der Waals surface area contributed by atoms with Crippen LogP contribution in [0.2, 0.25) is 0 Å². The Labute approximate surface area is 287 Å². The highest BCUT2D eigenvalue weighted by Crippen LogP contribution is 2.45. The zero-order valence-electron chi connectivity index (χ0n) is 30.4. The molecule has 2 atom stereocenters. The van der Waals surface area contributed by atoms with E-state index in [0.29, 0.717) is 11.8 Å². The van der Waals surface area contributed by atoms with Crippen LogP contribution in [-0.4, -0.2) is 25.0 Å². The van der Waals surface area contributed by atoms with Gasteiger partial charge in [0.25, 0.3) is 0 Å². The molecule has 6 rings (SSSR count). The first kappa shape index (κ1) is 33.9. The molecule has 5 nitrogen and oxygen atoms in total. The predicted molar refractivity (Wildman–Crippen MR) is 203 cm³/mol. The lowest BCUT2D eigenvalue weighted by molar-refractivity contribution is 0.282. The second-order valence-corrected chi connectivity index (χ2v) is 13.3. The van der Waals surface area contributed by atoms with Gasteiger partial charge in [0.1, 0.15) is 0 Å². The van der Waals surface area contributed by atoms with Gasteiger partial charge in [-0.2, -0.15) is 0 Å². The molecule has 8 bridgehead atoms. The van der Waals surface area contributed by atoms with Crippen LogP contribution < -0.4 is 0 Å². The van der Waals surface area contributed by atoms with Gasteiger partial charge in [-0.3, -0.25) is 4.98 Å². The molecule has 0 amide bonds. The number of aliphatic hydroxyl groups excluding tert-OH is 1. The van der Waals surface area contributed by atoms with Gasteiger partial charge in [-0.25, -0.2) is 4.98 Å².